The molecule has 1 atom stereocenters. The smallest absolute Gasteiger partial charge is 0.251 e. The van der Waals surface area contributed by atoms with Crippen molar-refractivity contribution in [2.24, 2.45) is 5.92 Å². The van der Waals surface area contributed by atoms with Crippen molar-refractivity contribution in [3.8, 4) is 0 Å². The molecule has 0 aliphatic carbocycles. The van der Waals surface area contributed by atoms with E-state index < -0.39 is 0 Å². The Morgan fingerprint density at radius 1 is 1.40 bits per heavy atom. The predicted molar refractivity (Wildman–Crippen MR) is 78.3 cm³/mol. The first-order valence-electron chi connectivity index (χ1n) is 7.33. The highest BCUT2D eigenvalue weighted by molar-refractivity contribution is 5.95. The molecule has 0 spiro atoms. The topological polar surface area (TPSA) is 32.3 Å². The molecule has 1 N–H and O–H groups in total. The summed E-state index contributed by atoms with van der Waals surface area (Å²) < 4.78 is 13.2. The minimum Gasteiger partial charge on any atom is -0.352 e. The number of carbonyl (C=O) groups excluding carboxylic acids is 1. The number of carbonyl (C=O) groups is 1. The van der Waals surface area contributed by atoms with E-state index >= 15 is 0 Å². The fraction of sp³-hybridized carbons (Fsp3) is 0.562. The third-order valence-electron chi connectivity index (χ3n) is 3.82. The fourth-order valence-corrected chi connectivity index (χ4v) is 2.67. The van der Waals surface area contributed by atoms with Crippen LogP contribution in [0.5, 0.6) is 0 Å². The molecule has 1 saturated heterocycles. The Morgan fingerprint density at radius 2 is 2.10 bits per heavy atom. The van der Waals surface area contributed by atoms with Crippen molar-refractivity contribution < 1.29 is 9.18 Å². The number of halogens is 1. The number of nitrogens with one attached hydrogen (secondary N) is 1. The summed E-state index contributed by atoms with van der Waals surface area (Å²) in [7, 11) is 0. The van der Waals surface area contributed by atoms with Crippen molar-refractivity contribution in [1.29, 1.82) is 0 Å². The van der Waals surface area contributed by atoms with Crippen LogP contribution in [0.3, 0.4) is 0 Å². The lowest BCUT2D eigenvalue weighted by atomic mass is 10.1. The predicted octanol–water partition coefficient (Wildman–Crippen LogP) is 2.60. The molecule has 1 aliphatic heterocycles. The lowest BCUT2D eigenvalue weighted by Crippen LogP contribution is -2.34. The molecule has 0 saturated carbocycles. The molecular formula is C16H23FN2O. The summed E-state index contributed by atoms with van der Waals surface area (Å²) in [6, 6.07) is 4.32. The van der Waals surface area contributed by atoms with Crippen LogP contribution in [0.25, 0.3) is 0 Å². The molecule has 1 unspecified atom stereocenters. The van der Waals surface area contributed by atoms with Crippen LogP contribution in [0.2, 0.25) is 0 Å². The van der Waals surface area contributed by atoms with Crippen molar-refractivity contribution in [1.82, 2.24) is 10.2 Å². The molecule has 1 aromatic carbocycles. The second-order valence-corrected chi connectivity index (χ2v) is 5.78. The summed E-state index contributed by atoms with van der Waals surface area (Å²) in [4.78, 5) is 14.5. The highest BCUT2D eigenvalue weighted by atomic mass is 19.1. The van der Waals surface area contributed by atoms with Gasteiger partial charge >= 0.3 is 0 Å². The molecule has 0 aromatic heterocycles. The maximum atomic E-state index is 13.2. The second-order valence-electron chi connectivity index (χ2n) is 5.78. The number of aryl methyl sites for hydroxylation is 1. The molecular weight excluding hydrogens is 255 g/mol. The highest BCUT2D eigenvalue weighted by Gasteiger charge is 2.16. The van der Waals surface area contributed by atoms with Crippen molar-refractivity contribution in [2.45, 2.75) is 26.7 Å². The molecule has 1 aliphatic rings. The van der Waals surface area contributed by atoms with Crippen molar-refractivity contribution in [3.05, 3.63) is 35.1 Å². The van der Waals surface area contributed by atoms with Gasteiger partial charge in [-0.25, -0.2) is 4.39 Å². The first-order chi connectivity index (χ1) is 9.56. The number of nitrogens with zero attached hydrogens (tertiary/aromatic N) is 1. The molecule has 1 aromatic rings. The normalized spacial score (nSPS) is 17.1. The summed E-state index contributed by atoms with van der Waals surface area (Å²) >= 11 is 0. The van der Waals surface area contributed by atoms with E-state index in [1.54, 1.807) is 6.07 Å². The summed E-state index contributed by atoms with van der Waals surface area (Å²) in [5, 5.41) is 2.91. The van der Waals surface area contributed by atoms with Crippen LogP contribution in [0.15, 0.2) is 18.2 Å². The van der Waals surface area contributed by atoms with Crippen LogP contribution in [-0.4, -0.2) is 37.0 Å². The zero-order valence-electron chi connectivity index (χ0n) is 12.3. The summed E-state index contributed by atoms with van der Waals surface area (Å²) in [5.41, 5.74) is 1.23. The van der Waals surface area contributed by atoms with E-state index in [1.165, 1.54) is 38.1 Å². The van der Waals surface area contributed by atoms with Gasteiger partial charge in [0.05, 0.1) is 0 Å². The average molecular weight is 278 g/mol. The molecule has 4 heteroatoms. The minimum absolute atomic E-state index is 0.185. The van der Waals surface area contributed by atoms with Gasteiger partial charge in [0, 0.05) is 18.7 Å². The van der Waals surface area contributed by atoms with E-state index in [4.69, 9.17) is 0 Å². The van der Waals surface area contributed by atoms with Gasteiger partial charge in [0.2, 0.25) is 0 Å². The van der Waals surface area contributed by atoms with Crippen molar-refractivity contribution in [2.75, 3.05) is 26.2 Å². The quantitative estimate of drug-likeness (QED) is 0.898. The molecule has 110 valence electrons. The van der Waals surface area contributed by atoms with Gasteiger partial charge in [-0.05, 0) is 56.5 Å². The molecule has 1 heterocycles. The number of benzene rings is 1. The maximum Gasteiger partial charge on any atom is 0.251 e. The highest BCUT2D eigenvalue weighted by Crippen LogP contribution is 2.12. The Morgan fingerprint density at radius 3 is 2.80 bits per heavy atom. The minimum atomic E-state index is -0.370. The van der Waals surface area contributed by atoms with Crippen LogP contribution in [0, 0.1) is 18.7 Å². The third-order valence-corrected chi connectivity index (χ3v) is 3.82. The number of amides is 1. The molecule has 3 nitrogen and oxygen atoms in total. The van der Waals surface area contributed by atoms with Crippen molar-refractivity contribution >= 4 is 5.91 Å². The Labute approximate surface area is 120 Å². The standard InChI is InChI=1S/C16H23FN2O/c1-12(11-19-7-3-4-8-19)10-18-16(20)15-9-14(17)6-5-13(15)2/h5-6,9,12H,3-4,7-8,10-11H2,1-2H3,(H,18,20). The second kappa shape index (κ2) is 6.84. The van der Waals surface area contributed by atoms with E-state index in [1.807, 2.05) is 6.92 Å². The van der Waals surface area contributed by atoms with Gasteiger partial charge in [0.1, 0.15) is 5.82 Å². The van der Waals surface area contributed by atoms with Gasteiger partial charge in [-0.15, -0.1) is 0 Å². The monoisotopic (exact) mass is 278 g/mol. The molecule has 0 radical (unpaired) electrons. The van der Waals surface area contributed by atoms with Gasteiger partial charge in [-0.1, -0.05) is 13.0 Å². The Kier molecular flexibility index (Phi) is 5.12. The summed E-state index contributed by atoms with van der Waals surface area (Å²) in [6.07, 6.45) is 2.56. The maximum absolute atomic E-state index is 13.2. The molecule has 1 fully saturated rings. The summed E-state index contributed by atoms with van der Waals surface area (Å²) in [5.74, 6) is -0.146. The van der Waals surface area contributed by atoms with Crippen LogP contribution < -0.4 is 5.32 Å². The lowest BCUT2D eigenvalue weighted by Gasteiger charge is -2.20. The van der Waals surface area contributed by atoms with Gasteiger partial charge in [-0.3, -0.25) is 4.79 Å². The van der Waals surface area contributed by atoms with Gasteiger partial charge in [0.25, 0.3) is 5.91 Å². The third kappa shape index (κ3) is 4.04. The van der Waals surface area contributed by atoms with Gasteiger partial charge in [-0.2, -0.15) is 0 Å². The van der Waals surface area contributed by atoms with Crippen molar-refractivity contribution in [3.63, 3.8) is 0 Å². The Balaban J connectivity index is 1.83. The van der Waals surface area contributed by atoms with Crippen LogP contribution in [-0.2, 0) is 0 Å². The summed E-state index contributed by atoms with van der Waals surface area (Å²) in [6.45, 7) is 7.94. The van der Waals surface area contributed by atoms with Crippen LogP contribution in [0.1, 0.15) is 35.7 Å². The first kappa shape index (κ1) is 15.0. The lowest BCUT2D eigenvalue weighted by molar-refractivity contribution is 0.0944. The van der Waals surface area contributed by atoms with E-state index in [0.717, 1.165) is 12.1 Å². The molecule has 2 rings (SSSR count). The number of rotatable bonds is 5. The number of likely N-dealkylation sites (tertiary alicyclic amines) is 1. The average Bonchev–Trinajstić information content (AvgIpc) is 2.91. The number of hydrogen-bond donors (Lipinski definition) is 1. The zero-order chi connectivity index (χ0) is 14.5. The zero-order valence-corrected chi connectivity index (χ0v) is 12.3. The van der Waals surface area contributed by atoms with E-state index in [2.05, 4.69) is 17.1 Å². The van der Waals surface area contributed by atoms with Crippen LogP contribution in [0.4, 0.5) is 4.39 Å². The molecule has 0 bridgehead atoms. The SMILES string of the molecule is Cc1ccc(F)cc1C(=O)NCC(C)CN1CCCC1. The fourth-order valence-electron chi connectivity index (χ4n) is 2.67. The Bertz CT molecular complexity index is 470. The van der Waals surface area contributed by atoms with E-state index in [0.29, 0.717) is 18.0 Å². The number of hydrogen-bond acceptors (Lipinski definition) is 2. The Hall–Kier alpha value is -1.42. The van der Waals surface area contributed by atoms with E-state index in [9.17, 15) is 9.18 Å². The largest absolute Gasteiger partial charge is 0.352 e. The van der Waals surface area contributed by atoms with Crippen LogP contribution >= 0.6 is 0 Å². The van der Waals surface area contributed by atoms with Gasteiger partial charge < -0.3 is 10.2 Å². The molecule has 1 amide bonds. The first-order valence-corrected chi connectivity index (χ1v) is 7.33. The van der Waals surface area contributed by atoms with Gasteiger partial charge in [0.15, 0.2) is 0 Å². The molecule has 20 heavy (non-hydrogen) atoms. The van der Waals surface area contributed by atoms with E-state index in [-0.39, 0.29) is 11.7 Å².